The molecule has 1 heterocycles. The average molecular weight is 412 g/mol. The molecular formula is C21H18F2N4OS. The quantitative estimate of drug-likeness (QED) is 0.405. The monoisotopic (exact) mass is 412 g/mol. The van der Waals surface area contributed by atoms with Crippen molar-refractivity contribution in [2.75, 3.05) is 6.54 Å². The summed E-state index contributed by atoms with van der Waals surface area (Å²) in [5.74, 6) is -2.88. The fourth-order valence-corrected chi connectivity index (χ4v) is 3.53. The summed E-state index contributed by atoms with van der Waals surface area (Å²) in [6.45, 7) is 4.21. The van der Waals surface area contributed by atoms with E-state index in [1.165, 1.54) is 4.57 Å². The fraction of sp³-hybridized carbons (Fsp3) is 0.190. The molecule has 2 aromatic carbocycles. The number of carbonyl (C=O) groups excluding carboxylic acids is 1. The number of aromatic nitrogens is 2. The van der Waals surface area contributed by atoms with Gasteiger partial charge in [0, 0.05) is 13.1 Å². The molecule has 8 heteroatoms. The molecule has 3 rings (SSSR count). The van der Waals surface area contributed by atoms with Crippen molar-refractivity contribution in [2.24, 2.45) is 0 Å². The van der Waals surface area contributed by atoms with E-state index in [9.17, 15) is 13.6 Å². The predicted molar refractivity (Wildman–Crippen MR) is 108 cm³/mol. The predicted octanol–water partition coefficient (Wildman–Crippen LogP) is 4.44. The van der Waals surface area contributed by atoms with Gasteiger partial charge < -0.3 is 9.47 Å². The third-order valence-electron chi connectivity index (χ3n) is 4.27. The van der Waals surface area contributed by atoms with Gasteiger partial charge in [0.15, 0.2) is 5.16 Å². The van der Waals surface area contributed by atoms with Crippen LogP contribution in [-0.2, 0) is 17.9 Å². The summed E-state index contributed by atoms with van der Waals surface area (Å²) in [7, 11) is 0. The van der Waals surface area contributed by atoms with Gasteiger partial charge in [-0.1, -0.05) is 30.3 Å². The van der Waals surface area contributed by atoms with Crippen LogP contribution in [0.2, 0.25) is 0 Å². The minimum absolute atomic E-state index is 0.103. The first-order valence-corrected chi connectivity index (χ1v) is 9.67. The Kier molecular flexibility index (Phi) is 6.62. The third kappa shape index (κ3) is 5.00. The van der Waals surface area contributed by atoms with Crippen molar-refractivity contribution in [1.82, 2.24) is 14.5 Å². The van der Waals surface area contributed by atoms with E-state index in [0.717, 1.165) is 5.56 Å². The first kappa shape index (κ1) is 20.6. The molecule has 0 unspecified atom stereocenters. The molecule has 3 aromatic rings. The maximum atomic E-state index is 13.0. The molecule has 0 bridgehead atoms. The summed E-state index contributed by atoms with van der Waals surface area (Å²) in [6.07, 6.45) is 1.61. The van der Waals surface area contributed by atoms with Crippen molar-refractivity contribution in [2.45, 2.75) is 24.0 Å². The van der Waals surface area contributed by atoms with Gasteiger partial charge in [0.25, 0.3) is 5.76 Å². The topological polar surface area (TPSA) is 61.9 Å². The number of fused-ring (bicyclic) bond motifs is 1. The molecule has 0 N–H and O–H groups in total. The summed E-state index contributed by atoms with van der Waals surface area (Å²) in [4.78, 5) is 18.8. The zero-order valence-corrected chi connectivity index (χ0v) is 16.3. The Labute approximate surface area is 171 Å². The molecule has 1 aromatic heterocycles. The first-order valence-electron chi connectivity index (χ1n) is 8.79. The summed E-state index contributed by atoms with van der Waals surface area (Å²) in [6, 6.07) is 16.0. The van der Waals surface area contributed by atoms with Crippen LogP contribution in [0.5, 0.6) is 0 Å². The van der Waals surface area contributed by atoms with Gasteiger partial charge in [-0.05, 0) is 41.6 Å². The molecule has 1 amide bonds. The van der Waals surface area contributed by atoms with Crippen LogP contribution in [0.4, 0.5) is 8.78 Å². The normalized spacial score (nSPS) is 10.8. The highest BCUT2D eigenvalue weighted by molar-refractivity contribution is 7.99. The van der Waals surface area contributed by atoms with Gasteiger partial charge in [-0.15, -0.1) is 6.58 Å². The van der Waals surface area contributed by atoms with Crippen LogP contribution < -0.4 is 0 Å². The van der Waals surface area contributed by atoms with E-state index < -0.39 is 5.76 Å². The second-order valence-corrected chi connectivity index (χ2v) is 7.18. The Morgan fingerprint density at radius 1 is 1.28 bits per heavy atom. The molecule has 0 spiro atoms. The van der Waals surface area contributed by atoms with Gasteiger partial charge in [-0.3, -0.25) is 4.79 Å². The van der Waals surface area contributed by atoms with Crippen molar-refractivity contribution in [1.29, 1.82) is 5.26 Å². The molecular weight excluding hydrogens is 394 g/mol. The molecule has 0 radical (unpaired) electrons. The number of benzene rings is 2. The Morgan fingerprint density at radius 3 is 2.66 bits per heavy atom. The van der Waals surface area contributed by atoms with Gasteiger partial charge in [-0.2, -0.15) is 14.0 Å². The molecule has 0 aliphatic heterocycles. The lowest BCUT2D eigenvalue weighted by atomic mass is 10.1. The second-order valence-electron chi connectivity index (χ2n) is 6.22. The van der Waals surface area contributed by atoms with E-state index in [1.807, 2.05) is 0 Å². The Morgan fingerprint density at radius 2 is 2.00 bits per heavy atom. The number of para-hydroxylation sites is 2. The van der Waals surface area contributed by atoms with E-state index in [2.05, 4.69) is 17.6 Å². The Bertz CT molecular complexity index is 1060. The molecule has 0 aliphatic carbocycles. The highest BCUT2D eigenvalue weighted by Crippen LogP contribution is 2.28. The van der Waals surface area contributed by atoms with Crippen molar-refractivity contribution in [3.63, 3.8) is 0 Å². The molecule has 0 saturated heterocycles. The lowest BCUT2D eigenvalue weighted by Crippen LogP contribution is -2.33. The van der Waals surface area contributed by atoms with E-state index in [-0.39, 0.29) is 17.6 Å². The van der Waals surface area contributed by atoms with E-state index in [1.54, 1.807) is 59.5 Å². The largest absolute Gasteiger partial charge is 0.333 e. The lowest BCUT2D eigenvalue weighted by Gasteiger charge is -2.22. The van der Waals surface area contributed by atoms with Crippen LogP contribution in [0.1, 0.15) is 11.1 Å². The maximum absolute atomic E-state index is 13.0. The zero-order valence-electron chi connectivity index (χ0n) is 15.5. The van der Waals surface area contributed by atoms with E-state index in [4.69, 9.17) is 5.26 Å². The number of amides is 1. The van der Waals surface area contributed by atoms with E-state index >= 15 is 0 Å². The molecule has 0 aliphatic rings. The number of alkyl halides is 2. The number of nitrogens with zero attached hydrogens (tertiary/aromatic N) is 4. The lowest BCUT2D eigenvalue weighted by molar-refractivity contribution is -0.132. The summed E-state index contributed by atoms with van der Waals surface area (Å²) in [5.41, 5.74) is 2.58. The number of hydrogen-bond donors (Lipinski definition) is 0. The van der Waals surface area contributed by atoms with Gasteiger partial charge in [0.1, 0.15) is 6.54 Å². The van der Waals surface area contributed by atoms with Crippen LogP contribution in [-0.4, -0.2) is 32.7 Å². The SMILES string of the molecule is C=CCN(Cc1ccc(C#N)cc1)C(=O)Cn1c(SC(F)F)nc2ccccc21. The minimum Gasteiger partial charge on any atom is -0.333 e. The number of thioether (sulfide) groups is 1. The van der Waals surface area contributed by atoms with Crippen LogP contribution in [0, 0.1) is 11.3 Å². The molecule has 0 fully saturated rings. The number of imidazole rings is 1. The first-order chi connectivity index (χ1) is 14.0. The number of nitriles is 1. The highest BCUT2D eigenvalue weighted by atomic mass is 32.2. The number of carbonyl (C=O) groups is 1. The Hall–Kier alpha value is -3.18. The van der Waals surface area contributed by atoms with Gasteiger partial charge in [0.2, 0.25) is 5.91 Å². The van der Waals surface area contributed by atoms with Gasteiger partial charge in [0.05, 0.1) is 22.7 Å². The summed E-state index contributed by atoms with van der Waals surface area (Å²) < 4.78 is 27.5. The standard InChI is InChI=1S/C21H18F2N4OS/c1-2-11-26(13-16-9-7-15(12-24)8-10-16)19(28)14-27-18-6-4-3-5-17(18)25-21(27)29-20(22)23/h2-10,20H,1,11,13-14H2. The fourth-order valence-electron chi connectivity index (χ4n) is 2.93. The average Bonchev–Trinajstić information content (AvgIpc) is 3.04. The highest BCUT2D eigenvalue weighted by Gasteiger charge is 2.20. The summed E-state index contributed by atoms with van der Waals surface area (Å²) >= 11 is 0.323. The van der Waals surface area contributed by atoms with Gasteiger partial charge in [-0.25, -0.2) is 4.98 Å². The molecule has 5 nitrogen and oxygen atoms in total. The van der Waals surface area contributed by atoms with Crippen molar-refractivity contribution in [3.8, 4) is 6.07 Å². The zero-order chi connectivity index (χ0) is 20.8. The third-order valence-corrected chi connectivity index (χ3v) is 4.97. The van der Waals surface area contributed by atoms with Crippen molar-refractivity contribution < 1.29 is 13.6 Å². The molecule has 29 heavy (non-hydrogen) atoms. The molecule has 148 valence electrons. The van der Waals surface area contributed by atoms with E-state index in [0.29, 0.717) is 41.4 Å². The number of rotatable bonds is 8. The van der Waals surface area contributed by atoms with Crippen molar-refractivity contribution >= 4 is 28.7 Å². The van der Waals surface area contributed by atoms with Gasteiger partial charge >= 0.3 is 0 Å². The summed E-state index contributed by atoms with van der Waals surface area (Å²) in [5, 5.41) is 9.01. The number of hydrogen-bond acceptors (Lipinski definition) is 4. The number of halogens is 2. The van der Waals surface area contributed by atoms with Crippen molar-refractivity contribution in [3.05, 3.63) is 72.3 Å². The van der Waals surface area contributed by atoms with Crippen LogP contribution in [0.3, 0.4) is 0 Å². The molecule has 0 saturated carbocycles. The Balaban J connectivity index is 1.85. The van der Waals surface area contributed by atoms with Crippen LogP contribution >= 0.6 is 11.8 Å². The second kappa shape index (κ2) is 9.34. The van der Waals surface area contributed by atoms with Crippen LogP contribution in [0.25, 0.3) is 11.0 Å². The smallest absolute Gasteiger partial charge is 0.291 e. The maximum Gasteiger partial charge on any atom is 0.291 e. The minimum atomic E-state index is -2.64. The van der Waals surface area contributed by atoms with Crippen LogP contribution in [0.15, 0.2) is 66.3 Å². The molecule has 0 atom stereocenters.